The van der Waals surface area contributed by atoms with Crippen LogP contribution >= 0.6 is 12.4 Å². The molecule has 2 rings (SSSR count). The molecule has 1 amide bonds. The Bertz CT molecular complexity index is 454. The fourth-order valence-electron chi connectivity index (χ4n) is 2.81. The fraction of sp³-hybridized carbons (Fsp3) is 0.562. The van der Waals surface area contributed by atoms with Gasteiger partial charge in [0.05, 0.1) is 12.0 Å². The van der Waals surface area contributed by atoms with Crippen LogP contribution in [0.4, 0.5) is 0 Å². The molecule has 4 nitrogen and oxygen atoms in total. The van der Waals surface area contributed by atoms with Gasteiger partial charge in [0, 0.05) is 13.7 Å². The lowest BCUT2D eigenvalue weighted by molar-refractivity contribution is -0.136. The first kappa shape index (κ1) is 18.0. The lowest BCUT2D eigenvalue weighted by Crippen LogP contribution is -2.49. The van der Waals surface area contributed by atoms with Gasteiger partial charge in [-0.15, -0.1) is 12.4 Å². The van der Waals surface area contributed by atoms with Crippen LogP contribution in [0.5, 0.6) is 0 Å². The Kier molecular flexibility index (Phi) is 7.15. The summed E-state index contributed by atoms with van der Waals surface area (Å²) in [7, 11) is 1.66. The van der Waals surface area contributed by atoms with Crippen LogP contribution in [-0.2, 0) is 16.1 Å². The quantitative estimate of drug-likeness (QED) is 0.875. The Labute approximate surface area is 133 Å². The van der Waals surface area contributed by atoms with Crippen LogP contribution < -0.4 is 10.6 Å². The number of carbonyl (C=O) groups is 1. The summed E-state index contributed by atoms with van der Waals surface area (Å²) in [5, 5.41) is 6.37. The minimum absolute atomic E-state index is 0. The molecular formula is C16H25ClN2O2. The number of amides is 1. The van der Waals surface area contributed by atoms with Crippen LogP contribution in [-0.4, -0.2) is 32.7 Å². The van der Waals surface area contributed by atoms with E-state index in [9.17, 15) is 4.79 Å². The van der Waals surface area contributed by atoms with Crippen molar-refractivity contribution in [3.8, 4) is 0 Å². The average Bonchev–Trinajstić information content (AvgIpc) is 2.46. The Morgan fingerprint density at radius 1 is 1.38 bits per heavy atom. The van der Waals surface area contributed by atoms with Crippen LogP contribution in [0.2, 0.25) is 0 Å². The number of methoxy groups -OCH3 is 1. The third-order valence-corrected chi connectivity index (χ3v) is 4.00. The van der Waals surface area contributed by atoms with Gasteiger partial charge in [0.2, 0.25) is 5.91 Å². The monoisotopic (exact) mass is 312 g/mol. The molecule has 0 radical (unpaired) electrons. The van der Waals surface area contributed by atoms with Gasteiger partial charge in [-0.25, -0.2) is 0 Å². The summed E-state index contributed by atoms with van der Waals surface area (Å²) in [4.78, 5) is 12.5. The molecule has 1 aliphatic heterocycles. The predicted molar refractivity (Wildman–Crippen MR) is 86.7 cm³/mol. The van der Waals surface area contributed by atoms with E-state index in [4.69, 9.17) is 4.74 Å². The molecule has 0 atom stereocenters. The summed E-state index contributed by atoms with van der Waals surface area (Å²) in [5.41, 5.74) is 1.98. The summed E-state index contributed by atoms with van der Waals surface area (Å²) < 4.78 is 5.29. The number of hydrogen-bond donors (Lipinski definition) is 2. The van der Waals surface area contributed by atoms with Crippen molar-refractivity contribution in [1.82, 2.24) is 10.6 Å². The zero-order valence-electron chi connectivity index (χ0n) is 12.8. The minimum atomic E-state index is -0.371. The molecule has 1 aromatic rings. The first-order valence-corrected chi connectivity index (χ1v) is 7.20. The van der Waals surface area contributed by atoms with Gasteiger partial charge in [-0.3, -0.25) is 4.79 Å². The standard InChI is InChI=1S/C16H24N2O2.ClH/c1-13-4-3-5-14(10-13)11-18-15(19)16(12-20-2)6-8-17-9-7-16;/h3-5,10,17H,6-9,11-12H2,1-2H3,(H,18,19);1H. The number of nitrogens with one attached hydrogen (secondary N) is 2. The van der Waals surface area contributed by atoms with E-state index in [1.54, 1.807) is 7.11 Å². The highest BCUT2D eigenvalue weighted by Crippen LogP contribution is 2.29. The van der Waals surface area contributed by atoms with Gasteiger partial charge in [-0.1, -0.05) is 29.8 Å². The molecule has 21 heavy (non-hydrogen) atoms. The summed E-state index contributed by atoms with van der Waals surface area (Å²) >= 11 is 0. The Hall–Kier alpha value is -1.10. The third kappa shape index (κ3) is 4.70. The van der Waals surface area contributed by atoms with E-state index in [0.717, 1.165) is 31.5 Å². The molecular weight excluding hydrogens is 288 g/mol. The maximum absolute atomic E-state index is 12.5. The van der Waals surface area contributed by atoms with E-state index in [0.29, 0.717) is 13.2 Å². The maximum Gasteiger partial charge on any atom is 0.228 e. The van der Waals surface area contributed by atoms with Gasteiger partial charge in [0.15, 0.2) is 0 Å². The van der Waals surface area contributed by atoms with Crippen LogP contribution in [0.1, 0.15) is 24.0 Å². The van der Waals surface area contributed by atoms with E-state index >= 15 is 0 Å². The molecule has 0 spiro atoms. The lowest BCUT2D eigenvalue weighted by Gasteiger charge is -2.35. The number of rotatable bonds is 5. The summed E-state index contributed by atoms with van der Waals surface area (Å²) in [5.74, 6) is 0.113. The summed E-state index contributed by atoms with van der Waals surface area (Å²) in [6.45, 7) is 4.89. The summed E-state index contributed by atoms with van der Waals surface area (Å²) in [6, 6.07) is 8.22. The van der Waals surface area contributed by atoms with Crippen molar-refractivity contribution in [3.05, 3.63) is 35.4 Å². The van der Waals surface area contributed by atoms with Gasteiger partial charge in [-0.2, -0.15) is 0 Å². The smallest absolute Gasteiger partial charge is 0.228 e. The second kappa shape index (κ2) is 8.37. The molecule has 5 heteroatoms. The molecule has 0 bridgehead atoms. The normalized spacial score (nSPS) is 16.9. The third-order valence-electron chi connectivity index (χ3n) is 4.00. The molecule has 2 N–H and O–H groups in total. The molecule has 0 unspecified atom stereocenters. The molecule has 0 aliphatic carbocycles. The SMILES string of the molecule is COCC1(C(=O)NCc2cccc(C)c2)CCNCC1.Cl. The first-order valence-electron chi connectivity index (χ1n) is 7.20. The van der Waals surface area contributed by atoms with Crippen molar-refractivity contribution < 1.29 is 9.53 Å². The van der Waals surface area contributed by atoms with Crippen LogP contribution in [0, 0.1) is 12.3 Å². The van der Waals surface area contributed by atoms with Crippen molar-refractivity contribution in [2.45, 2.75) is 26.3 Å². The Morgan fingerprint density at radius 3 is 2.71 bits per heavy atom. The van der Waals surface area contributed by atoms with Crippen molar-refractivity contribution >= 4 is 18.3 Å². The highest BCUT2D eigenvalue weighted by molar-refractivity contribution is 5.85. The molecule has 0 saturated carbocycles. The maximum atomic E-state index is 12.5. The van der Waals surface area contributed by atoms with E-state index in [-0.39, 0.29) is 23.7 Å². The highest BCUT2D eigenvalue weighted by Gasteiger charge is 2.39. The van der Waals surface area contributed by atoms with Crippen LogP contribution in [0.25, 0.3) is 0 Å². The van der Waals surface area contributed by atoms with E-state index < -0.39 is 0 Å². The highest BCUT2D eigenvalue weighted by atomic mass is 35.5. The van der Waals surface area contributed by atoms with E-state index in [2.05, 4.69) is 29.7 Å². The molecule has 1 saturated heterocycles. The second-order valence-corrected chi connectivity index (χ2v) is 5.64. The average molecular weight is 313 g/mol. The molecule has 118 valence electrons. The number of halogens is 1. The van der Waals surface area contributed by atoms with Gasteiger partial charge in [0.1, 0.15) is 0 Å². The largest absolute Gasteiger partial charge is 0.384 e. The second-order valence-electron chi connectivity index (χ2n) is 5.64. The van der Waals surface area contributed by atoms with Gasteiger partial charge < -0.3 is 15.4 Å². The van der Waals surface area contributed by atoms with E-state index in [1.807, 2.05) is 12.1 Å². The number of benzene rings is 1. The van der Waals surface area contributed by atoms with Gasteiger partial charge >= 0.3 is 0 Å². The number of carbonyl (C=O) groups excluding carboxylic acids is 1. The van der Waals surface area contributed by atoms with Crippen molar-refractivity contribution in [1.29, 1.82) is 0 Å². The molecule has 1 aromatic carbocycles. The number of ether oxygens (including phenoxy) is 1. The van der Waals surface area contributed by atoms with Crippen LogP contribution in [0.15, 0.2) is 24.3 Å². The molecule has 0 aromatic heterocycles. The van der Waals surface area contributed by atoms with Crippen molar-refractivity contribution in [2.24, 2.45) is 5.41 Å². The number of piperidine rings is 1. The van der Waals surface area contributed by atoms with Crippen molar-refractivity contribution in [2.75, 3.05) is 26.8 Å². The zero-order chi connectivity index (χ0) is 14.4. The van der Waals surface area contributed by atoms with Crippen molar-refractivity contribution in [3.63, 3.8) is 0 Å². The molecule has 1 heterocycles. The zero-order valence-corrected chi connectivity index (χ0v) is 13.6. The molecule has 1 aliphatic rings. The van der Waals surface area contributed by atoms with Gasteiger partial charge in [-0.05, 0) is 38.4 Å². The summed E-state index contributed by atoms with van der Waals surface area (Å²) in [6.07, 6.45) is 1.67. The minimum Gasteiger partial charge on any atom is -0.384 e. The Morgan fingerprint density at radius 2 is 2.10 bits per heavy atom. The first-order chi connectivity index (χ1) is 9.66. The topological polar surface area (TPSA) is 50.4 Å². The lowest BCUT2D eigenvalue weighted by atomic mass is 9.78. The predicted octanol–water partition coefficient (Wildman–Crippen LogP) is 2.05. The van der Waals surface area contributed by atoms with Gasteiger partial charge in [0.25, 0.3) is 0 Å². The Balaban J connectivity index is 0.00000220. The number of hydrogen-bond acceptors (Lipinski definition) is 3. The van der Waals surface area contributed by atoms with Crippen LogP contribution in [0.3, 0.4) is 0 Å². The number of aryl methyl sites for hydroxylation is 1. The fourth-order valence-corrected chi connectivity index (χ4v) is 2.81. The molecule has 1 fully saturated rings. The van der Waals surface area contributed by atoms with E-state index in [1.165, 1.54) is 5.56 Å².